The molecule has 1 saturated carbocycles. The van der Waals surface area contributed by atoms with Crippen molar-refractivity contribution >= 4 is 27.7 Å². The van der Waals surface area contributed by atoms with E-state index in [9.17, 15) is 18.0 Å². The van der Waals surface area contributed by atoms with Gasteiger partial charge in [0.1, 0.15) is 24.2 Å². The van der Waals surface area contributed by atoms with E-state index in [1.54, 1.807) is 32.3 Å². The molecule has 0 unspecified atom stereocenters. The number of fused-ring (bicyclic) bond motifs is 1. The van der Waals surface area contributed by atoms with Gasteiger partial charge in [0.25, 0.3) is 5.91 Å². The molecule has 6 rings (SSSR count). The third-order valence-electron chi connectivity index (χ3n) is 9.87. The van der Waals surface area contributed by atoms with Gasteiger partial charge >= 0.3 is 6.09 Å². The molecule has 3 fully saturated rings. The molecule has 0 aromatic heterocycles. The van der Waals surface area contributed by atoms with Crippen LogP contribution < -0.4 is 20.1 Å². The van der Waals surface area contributed by atoms with Crippen molar-refractivity contribution in [2.75, 3.05) is 43.9 Å². The van der Waals surface area contributed by atoms with Gasteiger partial charge in [-0.25, -0.2) is 17.5 Å². The summed E-state index contributed by atoms with van der Waals surface area (Å²) in [6.45, 7) is 2.11. The van der Waals surface area contributed by atoms with Gasteiger partial charge in [-0.1, -0.05) is 31.0 Å². The minimum Gasteiger partial charge on any atom is -0.496 e. The first kappa shape index (κ1) is 31.6. The summed E-state index contributed by atoms with van der Waals surface area (Å²) in [5.74, 6) is 0.972. The Kier molecular flexibility index (Phi) is 9.26. The van der Waals surface area contributed by atoms with Crippen LogP contribution in [-0.2, 0) is 21.4 Å². The number of ether oxygens (including phenoxy) is 3. The summed E-state index contributed by atoms with van der Waals surface area (Å²) in [7, 11) is -1.83. The molecule has 0 atom stereocenters. The normalized spacial score (nSPS) is 21.3. The SMILES string of the molecule is COc1cc(OC2CCN(S(=O)(=O)CCC3(N)CCCC3)CC2)ccc1C(=O)N1CCC(N2C(=O)OCc3ccccc32)CC1. The van der Waals surface area contributed by atoms with Crippen molar-refractivity contribution in [3.63, 3.8) is 0 Å². The van der Waals surface area contributed by atoms with Crippen LogP contribution in [0.25, 0.3) is 0 Å². The standard InChI is InChI=1S/C33H44N4O7S/c1-42-30-22-27(44-26-12-19-36(20-13-26)45(40,41)21-16-33(34)14-4-5-15-33)8-9-28(30)31(38)35-17-10-25(11-18-35)37-29-7-3-2-6-24(29)23-43-32(37)39/h2-3,6-9,22,25-26H,4-5,10-21,23,34H2,1H3. The maximum Gasteiger partial charge on any atom is 0.414 e. The van der Waals surface area contributed by atoms with E-state index < -0.39 is 10.0 Å². The second-order valence-electron chi connectivity index (χ2n) is 12.8. The predicted molar refractivity (Wildman–Crippen MR) is 170 cm³/mol. The minimum atomic E-state index is -3.36. The molecule has 2 aromatic rings. The molecular weight excluding hydrogens is 596 g/mol. The summed E-state index contributed by atoms with van der Waals surface area (Å²) < 4.78 is 44.8. The van der Waals surface area contributed by atoms with Crippen molar-refractivity contribution in [2.45, 2.75) is 82.1 Å². The van der Waals surface area contributed by atoms with Crippen LogP contribution in [0.2, 0.25) is 0 Å². The molecule has 0 spiro atoms. The number of amides is 2. The Hall–Kier alpha value is -3.35. The minimum absolute atomic E-state index is 0.0494. The Morgan fingerprint density at radius 1 is 1.02 bits per heavy atom. The molecule has 0 radical (unpaired) electrons. The second kappa shape index (κ2) is 13.2. The van der Waals surface area contributed by atoms with E-state index >= 15 is 0 Å². The van der Waals surface area contributed by atoms with E-state index in [0.717, 1.165) is 36.9 Å². The number of benzene rings is 2. The van der Waals surface area contributed by atoms with Gasteiger partial charge in [0, 0.05) is 49.4 Å². The predicted octanol–water partition coefficient (Wildman–Crippen LogP) is 4.29. The number of piperidine rings is 2. The van der Waals surface area contributed by atoms with E-state index in [0.29, 0.717) is 75.3 Å². The number of sulfonamides is 1. The summed E-state index contributed by atoms with van der Waals surface area (Å²) in [6.07, 6.45) is 6.43. The number of hydrogen-bond donors (Lipinski definition) is 1. The first-order valence-electron chi connectivity index (χ1n) is 16.1. The van der Waals surface area contributed by atoms with Gasteiger partial charge in [0.15, 0.2) is 0 Å². The zero-order valence-electron chi connectivity index (χ0n) is 26.0. The number of para-hydroxylation sites is 1. The molecule has 4 aliphatic rings. The molecule has 2 N–H and O–H groups in total. The second-order valence-corrected chi connectivity index (χ2v) is 14.9. The highest BCUT2D eigenvalue weighted by Crippen LogP contribution is 2.34. The number of carbonyl (C=O) groups is 2. The quantitative estimate of drug-likeness (QED) is 0.430. The van der Waals surface area contributed by atoms with Crippen LogP contribution in [0.3, 0.4) is 0 Å². The monoisotopic (exact) mass is 640 g/mol. The number of nitrogens with zero attached hydrogens (tertiary/aromatic N) is 3. The van der Waals surface area contributed by atoms with Crippen molar-refractivity contribution in [3.8, 4) is 11.5 Å². The molecule has 2 saturated heterocycles. The van der Waals surface area contributed by atoms with E-state index in [1.807, 2.05) is 24.3 Å². The third-order valence-corrected chi connectivity index (χ3v) is 11.7. The summed E-state index contributed by atoms with van der Waals surface area (Å²) in [5.41, 5.74) is 8.37. The average Bonchev–Trinajstić information content (AvgIpc) is 3.50. The molecule has 3 aliphatic heterocycles. The lowest BCUT2D eigenvalue weighted by Crippen LogP contribution is -2.50. The first-order chi connectivity index (χ1) is 21.7. The van der Waals surface area contributed by atoms with Crippen LogP contribution in [0.5, 0.6) is 11.5 Å². The molecule has 2 aromatic carbocycles. The zero-order valence-corrected chi connectivity index (χ0v) is 26.8. The lowest BCUT2D eigenvalue weighted by Gasteiger charge is -2.40. The van der Waals surface area contributed by atoms with E-state index in [4.69, 9.17) is 19.9 Å². The summed E-state index contributed by atoms with van der Waals surface area (Å²) >= 11 is 0. The highest BCUT2D eigenvalue weighted by atomic mass is 32.2. The number of nitrogens with two attached hydrogens (primary N) is 1. The van der Waals surface area contributed by atoms with Crippen molar-refractivity contribution < 1.29 is 32.2 Å². The van der Waals surface area contributed by atoms with Gasteiger partial charge in [-0.2, -0.15) is 0 Å². The van der Waals surface area contributed by atoms with Crippen molar-refractivity contribution in [3.05, 3.63) is 53.6 Å². The number of likely N-dealkylation sites (tertiary alicyclic amines) is 1. The lowest BCUT2D eigenvalue weighted by atomic mass is 9.96. The van der Waals surface area contributed by atoms with Crippen molar-refractivity contribution in [1.82, 2.24) is 9.21 Å². The lowest BCUT2D eigenvalue weighted by molar-refractivity contribution is 0.0705. The number of anilines is 1. The fraction of sp³-hybridized carbons (Fsp3) is 0.576. The Labute approximate surface area is 265 Å². The molecule has 12 heteroatoms. The van der Waals surface area contributed by atoms with E-state index in [-0.39, 0.29) is 42.0 Å². The molecule has 11 nitrogen and oxygen atoms in total. The summed E-state index contributed by atoms with van der Waals surface area (Å²) in [6, 6.07) is 13.0. The zero-order chi connectivity index (χ0) is 31.6. The first-order valence-corrected chi connectivity index (χ1v) is 17.7. The Bertz CT molecular complexity index is 1490. The summed E-state index contributed by atoms with van der Waals surface area (Å²) in [4.78, 5) is 29.7. The van der Waals surface area contributed by atoms with E-state index in [2.05, 4.69) is 0 Å². The molecule has 244 valence electrons. The third kappa shape index (κ3) is 6.92. The Morgan fingerprint density at radius 2 is 1.73 bits per heavy atom. The van der Waals surface area contributed by atoms with Crippen molar-refractivity contribution in [1.29, 1.82) is 0 Å². The largest absolute Gasteiger partial charge is 0.496 e. The fourth-order valence-electron chi connectivity index (χ4n) is 7.15. The smallest absolute Gasteiger partial charge is 0.414 e. The van der Waals surface area contributed by atoms with Gasteiger partial charge < -0.3 is 24.8 Å². The maximum atomic E-state index is 13.5. The molecular formula is C33H44N4O7S. The highest BCUT2D eigenvalue weighted by Gasteiger charge is 2.36. The van der Waals surface area contributed by atoms with Gasteiger partial charge in [-0.05, 0) is 63.1 Å². The van der Waals surface area contributed by atoms with Gasteiger partial charge in [-0.3, -0.25) is 9.69 Å². The van der Waals surface area contributed by atoms with Crippen LogP contribution >= 0.6 is 0 Å². The van der Waals surface area contributed by atoms with Gasteiger partial charge in [0.05, 0.1) is 24.1 Å². The molecule has 2 amide bonds. The fourth-order valence-corrected chi connectivity index (χ4v) is 8.84. The number of hydrogen-bond acceptors (Lipinski definition) is 8. The van der Waals surface area contributed by atoms with Crippen LogP contribution in [0.1, 0.15) is 73.7 Å². The topological polar surface area (TPSA) is 132 Å². The Morgan fingerprint density at radius 3 is 2.44 bits per heavy atom. The molecule has 1 aliphatic carbocycles. The molecule has 0 bridgehead atoms. The van der Waals surface area contributed by atoms with E-state index in [1.165, 1.54) is 7.11 Å². The number of carbonyl (C=O) groups excluding carboxylic acids is 2. The van der Waals surface area contributed by atoms with Crippen LogP contribution in [-0.4, -0.2) is 86.3 Å². The number of cyclic esters (lactones) is 1. The van der Waals surface area contributed by atoms with Crippen LogP contribution in [0, 0.1) is 0 Å². The average molecular weight is 641 g/mol. The molecule has 45 heavy (non-hydrogen) atoms. The number of rotatable bonds is 9. The maximum absolute atomic E-state index is 13.5. The van der Waals surface area contributed by atoms with Gasteiger partial charge in [0.2, 0.25) is 10.0 Å². The van der Waals surface area contributed by atoms with Gasteiger partial charge in [-0.15, -0.1) is 0 Å². The van der Waals surface area contributed by atoms with Crippen LogP contribution in [0.4, 0.5) is 10.5 Å². The van der Waals surface area contributed by atoms with Crippen LogP contribution in [0.15, 0.2) is 42.5 Å². The summed E-state index contributed by atoms with van der Waals surface area (Å²) in [5, 5.41) is 0. The number of methoxy groups -OCH3 is 1. The highest BCUT2D eigenvalue weighted by molar-refractivity contribution is 7.89. The molecule has 3 heterocycles. The van der Waals surface area contributed by atoms with Crippen molar-refractivity contribution in [2.24, 2.45) is 5.73 Å². The Balaban J connectivity index is 1.02.